The number of piperazine rings is 1. The number of hydrogen-bond donors (Lipinski definition) is 1. The molecule has 0 aliphatic carbocycles. The molecule has 1 saturated heterocycles. The highest BCUT2D eigenvalue weighted by molar-refractivity contribution is 6.30. The number of halogens is 2. The van der Waals surface area contributed by atoms with Gasteiger partial charge in [0, 0.05) is 44.3 Å². The highest BCUT2D eigenvalue weighted by Gasteiger charge is 2.32. The molecule has 0 radical (unpaired) electrons. The molecule has 1 aromatic heterocycles. The van der Waals surface area contributed by atoms with Crippen molar-refractivity contribution in [1.82, 2.24) is 20.2 Å². The van der Waals surface area contributed by atoms with Crippen molar-refractivity contribution in [3.05, 3.63) is 52.2 Å². The Balaban J connectivity index is 1.48. The van der Waals surface area contributed by atoms with Crippen molar-refractivity contribution in [1.29, 1.82) is 0 Å². The van der Waals surface area contributed by atoms with E-state index in [1.807, 2.05) is 25.7 Å². The number of carbonyl (C=O) groups is 1. The summed E-state index contributed by atoms with van der Waals surface area (Å²) in [5.41, 5.74) is 2.61. The lowest BCUT2D eigenvalue weighted by atomic mass is 9.96. The van der Waals surface area contributed by atoms with E-state index in [-0.39, 0.29) is 23.1 Å². The van der Waals surface area contributed by atoms with Gasteiger partial charge >= 0.3 is 0 Å². The molecule has 1 fully saturated rings. The lowest BCUT2D eigenvalue weighted by Crippen LogP contribution is -2.51. The first-order valence-electron chi connectivity index (χ1n) is 11.0. The van der Waals surface area contributed by atoms with Crippen molar-refractivity contribution in [3.63, 3.8) is 0 Å². The third kappa shape index (κ3) is 4.72. The largest absolute Gasteiger partial charge is 0.367 e. The van der Waals surface area contributed by atoms with Crippen molar-refractivity contribution in [2.75, 3.05) is 37.6 Å². The summed E-state index contributed by atoms with van der Waals surface area (Å²) in [6, 6.07) is 4.83. The fraction of sp³-hybridized carbons (Fsp3) is 0.522. The minimum Gasteiger partial charge on any atom is -0.367 e. The zero-order valence-electron chi connectivity index (χ0n) is 18.6. The van der Waals surface area contributed by atoms with Crippen LogP contribution in [0.2, 0.25) is 5.02 Å². The molecule has 0 bridgehead atoms. The number of aromatic nitrogens is 2. The predicted molar refractivity (Wildman–Crippen MR) is 121 cm³/mol. The van der Waals surface area contributed by atoms with Gasteiger partial charge in [-0.1, -0.05) is 31.5 Å². The zero-order chi connectivity index (χ0) is 22.8. The number of hydrogen-bond acceptors (Lipinski definition) is 6. The Bertz CT molecular complexity index is 981. The van der Waals surface area contributed by atoms with Gasteiger partial charge in [-0.3, -0.25) is 4.79 Å². The van der Waals surface area contributed by atoms with Gasteiger partial charge in [0.25, 0.3) is 0 Å². The van der Waals surface area contributed by atoms with Gasteiger partial charge in [0.05, 0.1) is 29.3 Å². The summed E-state index contributed by atoms with van der Waals surface area (Å²) in [6.07, 6.45) is 1.54. The molecule has 0 saturated carbocycles. The number of benzene rings is 1. The van der Waals surface area contributed by atoms with Crippen molar-refractivity contribution in [3.8, 4) is 0 Å². The molecule has 2 aromatic rings. The number of carbonyl (C=O) groups excluding carboxylic acids is 1. The standard InChI is InChI=1S/C23H29ClFN5O2/c1-14(2)26-11-17(16-4-5-18(24)19(25)10-16)23(31)30-8-6-29(7-9-30)22-21-15(3)32-12-20(21)27-13-28-22/h4-5,10,13-15,17,26H,6-9,11-12H2,1-3H3/t15-,17?/m0/s1. The fourth-order valence-electron chi connectivity index (χ4n) is 4.28. The van der Waals surface area contributed by atoms with E-state index in [4.69, 9.17) is 16.3 Å². The fourth-order valence-corrected chi connectivity index (χ4v) is 4.40. The van der Waals surface area contributed by atoms with Crippen LogP contribution in [0.4, 0.5) is 10.2 Å². The quantitative estimate of drug-likeness (QED) is 0.711. The van der Waals surface area contributed by atoms with Gasteiger partial charge in [-0.2, -0.15) is 0 Å². The minimum absolute atomic E-state index is 0.0101. The SMILES string of the molecule is CC(C)NCC(C(=O)N1CCN(c2ncnc3c2[C@H](C)OC3)CC1)c1ccc(Cl)c(F)c1. The van der Waals surface area contributed by atoms with Crippen LogP contribution in [0.25, 0.3) is 0 Å². The first-order chi connectivity index (χ1) is 15.3. The summed E-state index contributed by atoms with van der Waals surface area (Å²) in [4.78, 5) is 26.4. The van der Waals surface area contributed by atoms with Crippen LogP contribution in [0, 0.1) is 5.82 Å². The van der Waals surface area contributed by atoms with Crippen LogP contribution in [0.5, 0.6) is 0 Å². The average Bonchev–Trinajstić information content (AvgIpc) is 3.17. The molecular formula is C23H29ClFN5O2. The summed E-state index contributed by atoms with van der Waals surface area (Å²) >= 11 is 5.86. The van der Waals surface area contributed by atoms with Gasteiger partial charge in [0.1, 0.15) is 18.0 Å². The van der Waals surface area contributed by atoms with Crippen molar-refractivity contribution < 1.29 is 13.9 Å². The molecule has 1 unspecified atom stereocenters. The maximum absolute atomic E-state index is 14.1. The topological polar surface area (TPSA) is 70.6 Å². The molecular weight excluding hydrogens is 433 g/mol. The minimum atomic E-state index is -0.509. The molecule has 172 valence electrons. The number of ether oxygens (including phenoxy) is 1. The van der Waals surface area contributed by atoms with Gasteiger partial charge in [-0.25, -0.2) is 14.4 Å². The van der Waals surface area contributed by atoms with Crippen molar-refractivity contribution >= 4 is 23.3 Å². The maximum Gasteiger partial charge on any atom is 0.231 e. The van der Waals surface area contributed by atoms with E-state index in [1.54, 1.807) is 12.4 Å². The van der Waals surface area contributed by atoms with Gasteiger partial charge < -0.3 is 19.9 Å². The summed E-state index contributed by atoms with van der Waals surface area (Å²) in [7, 11) is 0. The molecule has 1 aromatic carbocycles. The van der Waals surface area contributed by atoms with Crippen molar-refractivity contribution in [2.45, 2.75) is 45.4 Å². The molecule has 1 amide bonds. The normalized spacial score (nSPS) is 19.4. The Morgan fingerprint density at radius 3 is 2.72 bits per heavy atom. The van der Waals surface area contributed by atoms with E-state index < -0.39 is 11.7 Å². The van der Waals surface area contributed by atoms with Crippen LogP contribution in [-0.4, -0.2) is 59.5 Å². The summed E-state index contributed by atoms with van der Waals surface area (Å²) in [6.45, 7) is 9.47. The smallest absolute Gasteiger partial charge is 0.231 e. The van der Waals surface area contributed by atoms with Crippen LogP contribution < -0.4 is 10.2 Å². The lowest BCUT2D eigenvalue weighted by Gasteiger charge is -2.38. The summed E-state index contributed by atoms with van der Waals surface area (Å²) in [5, 5.41) is 3.38. The van der Waals surface area contributed by atoms with Crippen LogP contribution >= 0.6 is 11.6 Å². The van der Waals surface area contributed by atoms with Gasteiger partial charge in [0.15, 0.2) is 0 Å². The Labute approximate surface area is 192 Å². The molecule has 3 heterocycles. The van der Waals surface area contributed by atoms with E-state index >= 15 is 0 Å². The summed E-state index contributed by atoms with van der Waals surface area (Å²) < 4.78 is 19.8. The predicted octanol–water partition coefficient (Wildman–Crippen LogP) is 3.29. The molecule has 1 N–H and O–H groups in total. The number of nitrogens with one attached hydrogen (secondary N) is 1. The second-order valence-corrected chi connectivity index (χ2v) is 9.02. The number of anilines is 1. The van der Waals surface area contributed by atoms with E-state index in [0.29, 0.717) is 44.9 Å². The van der Waals surface area contributed by atoms with Crippen LogP contribution in [0.1, 0.15) is 49.6 Å². The maximum atomic E-state index is 14.1. The van der Waals surface area contributed by atoms with Gasteiger partial charge in [-0.15, -0.1) is 0 Å². The molecule has 7 nitrogen and oxygen atoms in total. The number of nitrogens with zero attached hydrogens (tertiary/aromatic N) is 4. The highest BCUT2D eigenvalue weighted by Crippen LogP contribution is 2.35. The van der Waals surface area contributed by atoms with Crippen LogP contribution in [0.15, 0.2) is 24.5 Å². The van der Waals surface area contributed by atoms with Gasteiger partial charge in [0.2, 0.25) is 5.91 Å². The van der Waals surface area contributed by atoms with Crippen LogP contribution in [-0.2, 0) is 16.1 Å². The highest BCUT2D eigenvalue weighted by atomic mass is 35.5. The van der Waals surface area contributed by atoms with E-state index in [1.165, 1.54) is 12.1 Å². The molecule has 4 rings (SSSR count). The van der Waals surface area contributed by atoms with E-state index in [9.17, 15) is 9.18 Å². The number of rotatable bonds is 6. The lowest BCUT2D eigenvalue weighted by molar-refractivity contribution is -0.133. The third-order valence-electron chi connectivity index (χ3n) is 6.09. The number of amides is 1. The Morgan fingerprint density at radius 1 is 1.28 bits per heavy atom. The first kappa shape index (κ1) is 22.9. The molecule has 32 heavy (non-hydrogen) atoms. The van der Waals surface area contributed by atoms with E-state index in [0.717, 1.165) is 17.1 Å². The third-order valence-corrected chi connectivity index (χ3v) is 6.39. The zero-order valence-corrected chi connectivity index (χ0v) is 19.4. The Morgan fingerprint density at radius 2 is 2.03 bits per heavy atom. The molecule has 2 aliphatic heterocycles. The molecule has 2 aliphatic rings. The monoisotopic (exact) mass is 461 g/mol. The molecule has 2 atom stereocenters. The Kier molecular flexibility index (Phi) is 6.93. The first-order valence-corrected chi connectivity index (χ1v) is 11.4. The average molecular weight is 462 g/mol. The Hall–Kier alpha value is -2.29. The molecule has 0 spiro atoms. The van der Waals surface area contributed by atoms with Crippen molar-refractivity contribution in [2.24, 2.45) is 0 Å². The van der Waals surface area contributed by atoms with Crippen LogP contribution in [0.3, 0.4) is 0 Å². The second-order valence-electron chi connectivity index (χ2n) is 8.61. The van der Waals surface area contributed by atoms with Gasteiger partial charge in [-0.05, 0) is 24.6 Å². The molecule has 9 heteroatoms. The summed E-state index contributed by atoms with van der Waals surface area (Å²) in [5.74, 6) is -0.105. The van der Waals surface area contributed by atoms with E-state index in [2.05, 4.69) is 20.2 Å². The number of fused-ring (bicyclic) bond motifs is 1. The second kappa shape index (κ2) is 9.68.